The molecular weight excluding hydrogens is 272 g/mol. The predicted octanol–water partition coefficient (Wildman–Crippen LogP) is 3.86. The third-order valence-corrected chi connectivity index (χ3v) is 3.58. The molecule has 1 aliphatic rings. The van der Waals surface area contributed by atoms with Gasteiger partial charge in [0.15, 0.2) is 0 Å². The van der Waals surface area contributed by atoms with E-state index in [1.54, 1.807) is 12.4 Å². The summed E-state index contributed by atoms with van der Waals surface area (Å²) in [7, 11) is 0. The van der Waals surface area contributed by atoms with Crippen LogP contribution in [0.15, 0.2) is 65.6 Å². The molecule has 2 N–H and O–H groups in total. The molecule has 0 bridgehead atoms. The van der Waals surface area contributed by atoms with Gasteiger partial charge < -0.3 is 10.6 Å². The van der Waals surface area contributed by atoms with E-state index in [0.717, 1.165) is 34.8 Å². The Kier molecular flexibility index (Phi) is 4.19. The van der Waals surface area contributed by atoms with Gasteiger partial charge in [-0.3, -0.25) is 4.98 Å². The molecule has 1 aromatic carbocycles. The van der Waals surface area contributed by atoms with Crippen molar-refractivity contribution in [3.05, 3.63) is 71.7 Å². The summed E-state index contributed by atoms with van der Waals surface area (Å²) in [6.45, 7) is 4.20. The van der Waals surface area contributed by atoms with Crippen LogP contribution in [0.3, 0.4) is 0 Å². The molecule has 0 saturated heterocycles. The Hall–Kier alpha value is -2.62. The number of nitrogens with one attached hydrogen (secondary N) is 2. The molecular formula is C18H20N4. The van der Waals surface area contributed by atoms with E-state index < -0.39 is 0 Å². The average molecular weight is 292 g/mol. The number of hydrogen-bond donors (Lipinski definition) is 2. The van der Waals surface area contributed by atoms with Crippen LogP contribution in [0.2, 0.25) is 0 Å². The fourth-order valence-electron chi connectivity index (χ4n) is 2.54. The largest absolute Gasteiger partial charge is 0.359 e. The van der Waals surface area contributed by atoms with Gasteiger partial charge in [-0.1, -0.05) is 25.1 Å². The molecule has 0 amide bonds. The number of hydrogen-bond acceptors (Lipinski definition) is 4. The summed E-state index contributed by atoms with van der Waals surface area (Å²) in [5.74, 6) is 0.901. The molecule has 1 aromatic heterocycles. The Bertz CT molecular complexity index is 704. The van der Waals surface area contributed by atoms with Crippen molar-refractivity contribution in [1.82, 2.24) is 10.3 Å². The number of pyridine rings is 1. The molecule has 0 spiro atoms. The number of rotatable bonds is 3. The van der Waals surface area contributed by atoms with Gasteiger partial charge in [-0.05, 0) is 43.2 Å². The van der Waals surface area contributed by atoms with Crippen molar-refractivity contribution in [1.29, 1.82) is 0 Å². The summed E-state index contributed by atoms with van der Waals surface area (Å²) in [5, 5.41) is 6.90. The molecule has 4 heteroatoms. The lowest BCUT2D eigenvalue weighted by Gasteiger charge is -2.26. The number of fused-ring (bicyclic) bond motifs is 1. The third kappa shape index (κ3) is 3.01. The van der Waals surface area contributed by atoms with Gasteiger partial charge >= 0.3 is 0 Å². The minimum atomic E-state index is -0.102. The van der Waals surface area contributed by atoms with Crippen LogP contribution in [-0.2, 0) is 0 Å². The minimum Gasteiger partial charge on any atom is -0.359 e. The highest BCUT2D eigenvalue weighted by Crippen LogP contribution is 2.29. The molecule has 1 unspecified atom stereocenters. The predicted molar refractivity (Wildman–Crippen MR) is 90.8 cm³/mol. The van der Waals surface area contributed by atoms with Crippen LogP contribution in [0.4, 0.5) is 5.69 Å². The zero-order valence-corrected chi connectivity index (χ0v) is 12.9. The summed E-state index contributed by atoms with van der Waals surface area (Å²) in [5.41, 5.74) is 4.40. The van der Waals surface area contributed by atoms with Gasteiger partial charge in [0.2, 0.25) is 0 Å². The van der Waals surface area contributed by atoms with Crippen LogP contribution in [0.5, 0.6) is 0 Å². The Labute approximate surface area is 131 Å². The molecule has 0 fully saturated rings. The van der Waals surface area contributed by atoms with E-state index in [9.17, 15) is 0 Å². The van der Waals surface area contributed by atoms with Crippen molar-refractivity contribution >= 4 is 11.5 Å². The Morgan fingerprint density at radius 2 is 2.00 bits per heavy atom. The maximum absolute atomic E-state index is 4.84. The van der Waals surface area contributed by atoms with Gasteiger partial charge in [0, 0.05) is 29.3 Å². The van der Waals surface area contributed by atoms with Crippen molar-refractivity contribution in [2.75, 3.05) is 5.32 Å². The number of para-hydroxylation sites is 1. The first-order chi connectivity index (χ1) is 10.8. The smallest absolute Gasteiger partial charge is 0.147 e. The molecule has 0 aliphatic carbocycles. The van der Waals surface area contributed by atoms with E-state index in [-0.39, 0.29) is 6.17 Å². The zero-order valence-electron chi connectivity index (χ0n) is 12.9. The van der Waals surface area contributed by atoms with Crippen molar-refractivity contribution in [3.8, 4) is 0 Å². The van der Waals surface area contributed by atoms with Crippen molar-refractivity contribution < 1.29 is 0 Å². The second-order valence-electron chi connectivity index (χ2n) is 5.27. The lowest BCUT2D eigenvalue weighted by atomic mass is 10.1. The summed E-state index contributed by atoms with van der Waals surface area (Å²) in [4.78, 5) is 8.92. The van der Waals surface area contributed by atoms with Gasteiger partial charge in [-0.2, -0.15) is 0 Å². The number of amidine groups is 1. The van der Waals surface area contributed by atoms with E-state index in [4.69, 9.17) is 4.99 Å². The molecule has 22 heavy (non-hydrogen) atoms. The maximum atomic E-state index is 4.84. The molecule has 112 valence electrons. The van der Waals surface area contributed by atoms with E-state index in [1.807, 2.05) is 24.3 Å². The number of anilines is 1. The quantitative estimate of drug-likeness (QED) is 0.903. The summed E-state index contributed by atoms with van der Waals surface area (Å²) in [6.07, 6.45) is 6.65. The van der Waals surface area contributed by atoms with Gasteiger partial charge in [0.05, 0.1) is 0 Å². The van der Waals surface area contributed by atoms with Crippen LogP contribution in [0, 0.1) is 0 Å². The van der Waals surface area contributed by atoms with Gasteiger partial charge in [-0.25, -0.2) is 4.99 Å². The highest BCUT2D eigenvalue weighted by Gasteiger charge is 2.21. The van der Waals surface area contributed by atoms with Gasteiger partial charge in [0.1, 0.15) is 12.0 Å². The second-order valence-corrected chi connectivity index (χ2v) is 5.27. The van der Waals surface area contributed by atoms with E-state index >= 15 is 0 Å². The average Bonchev–Trinajstić information content (AvgIpc) is 2.56. The summed E-state index contributed by atoms with van der Waals surface area (Å²) in [6, 6.07) is 12.2. The number of benzene rings is 1. The highest BCUT2D eigenvalue weighted by atomic mass is 15.2. The molecule has 0 radical (unpaired) electrons. The van der Waals surface area contributed by atoms with Crippen molar-refractivity contribution in [3.63, 3.8) is 0 Å². The lowest BCUT2D eigenvalue weighted by Crippen LogP contribution is -2.29. The SMILES string of the molecule is CC/C=C(\C)NC1=NC(c2ccncc2)Nc2ccccc21. The number of aromatic nitrogens is 1. The Morgan fingerprint density at radius 3 is 2.77 bits per heavy atom. The molecule has 2 aromatic rings. The molecule has 2 heterocycles. The van der Waals surface area contributed by atoms with Crippen LogP contribution >= 0.6 is 0 Å². The lowest BCUT2D eigenvalue weighted by molar-refractivity contribution is 0.812. The highest BCUT2D eigenvalue weighted by molar-refractivity contribution is 6.05. The Balaban J connectivity index is 1.98. The number of nitrogens with zero attached hydrogens (tertiary/aromatic N) is 2. The second kappa shape index (κ2) is 6.43. The third-order valence-electron chi connectivity index (χ3n) is 3.58. The number of allylic oxidation sites excluding steroid dienone is 2. The van der Waals surface area contributed by atoms with Crippen molar-refractivity contribution in [2.45, 2.75) is 26.4 Å². The molecule has 3 rings (SSSR count). The molecule has 1 aliphatic heterocycles. The standard InChI is InChI=1S/C18H20N4/c1-3-6-13(2)20-18-15-7-4-5-8-16(15)21-17(22-18)14-9-11-19-12-10-14/h4-12,17,21H,3H2,1-2H3,(H,20,22)/b13-6+. The minimum absolute atomic E-state index is 0.102. The first kappa shape index (κ1) is 14.3. The monoisotopic (exact) mass is 292 g/mol. The number of aliphatic imine (C=N–C) groups is 1. The van der Waals surface area contributed by atoms with Gasteiger partial charge in [-0.15, -0.1) is 0 Å². The molecule has 0 saturated carbocycles. The van der Waals surface area contributed by atoms with Gasteiger partial charge in [0.25, 0.3) is 0 Å². The first-order valence-electron chi connectivity index (χ1n) is 7.55. The van der Waals surface area contributed by atoms with E-state index in [0.29, 0.717) is 0 Å². The van der Waals surface area contributed by atoms with Crippen LogP contribution in [-0.4, -0.2) is 10.8 Å². The van der Waals surface area contributed by atoms with Crippen LogP contribution in [0.1, 0.15) is 37.6 Å². The van der Waals surface area contributed by atoms with Crippen molar-refractivity contribution in [2.24, 2.45) is 4.99 Å². The van der Waals surface area contributed by atoms with E-state index in [1.165, 1.54) is 0 Å². The summed E-state index contributed by atoms with van der Waals surface area (Å²) >= 11 is 0. The first-order valence-corrected chi connectivity index (χ1v) is 7.55. The van der Waals surface area contributed by atoms with E-state index in [2.05, 4.69) is 47.7 Å². The zero-order chi connectivity index (χ0) is 15.4. The maximum Gasteiger partial charge on any atom is 0.147 e. The molecule has 4 nitrogen and oxygen atoms in total. The Morgan fingerprint density at radius 1 is 1.23 bits per heavy atom. The fourth-order valence-corrected chi connectivity index (χ4v) is 2.54. The van der Waals surface area contributed by atoms with Crippen LogP contribution < -0.4 is 10.6 Å². The summed E-state index contributed by atoms with van der Waals surface area (Å²) < 4.78 is 0. The normalized spacial score (nSPS) is 17.3. The topological polar surface area (TPSA) is 49.3 Å². The fraction of sp³-hybridized carbons (Fsp3) is 0.222. The molecule has 1 atom stereocenters. The van der Waals surface area contributed by atoms with Crippen LogP contribution in [0.25, 0.3) is 0 Å².